The Kier molecular flexibility index (Phi) is 6.67. The monoisotopic (exact) mass is 443 g/mol. The molecule has 2 aromatic carbocycles. The van der Waals surface area contributed by atoms with E-state index in [9.17, 15) is 9.59 Å². The molecule has 32 heavy (non-hydrogen) atoms. The number of hydrogen-bond acceptors (Lipinski definition) is 6. The topological polar surface area (TPSA) is 81.2 Å². The number of rotatable bonds is 8. The minimum absolute atomic E-state index is 0.0815. The maximum atomic E-state index is 12.4. The lowest BCUT2D eigenvalue weighted by Gasteiger charge is -2.07. The van der Waals surface area contributed by atoms with E-state index in [2.05, 4.69) is 15.3 Å². The molecule has 2 aromatic heterocycles. The molecule has 4 aromatic rings. The molecule has 0 unspecified atom stereocenters. The van der Waals surface area contributed by atoms with Crippen LogP contribution in [0.2, 0.25) is 0 Å². The smallest absolute Gasteiger partial charge is 0.224 e. The van der Waals surface area contributed by atoms with Gasteiger partial charge in [-0.05, 0) is 48.5 Å². The van der Waals surface area contributed by atoms with Crippen molar-refractivity contribution in [1.29, 1.82) is 0 Å². The van der Waals surface area contributed by atoms with Crippen LogP contribution in [0.15, 0.2) is 78.4 Å². The number of nitrogens with one attached hydrogen (secondary N) is 1. The third kappa shape index (κ3) is 5.25. The summed E-state index contributed by atoms with van der Waals surface area (Å²) in [7, 11) is 1.57. The summed E-state index contributed by atoms with van der Waals surface area (Å²) in [5.41, 5.74) is 3.94. The Labute approximate surface area is 189 Å². The highest BCUT2D eigenvalue weighted by Gasteiger charge is 2.11. The van der Waals surface area contributed by atoms with Gasteiger partial charge in [0.1, 0.15) is 10.8 Å². The first kappa shape index (κ1) is 21.4. The van der Waals surface area contributed by atoms with E-state index < -0.39 is 0 Å². The van der Waals surface area contributed by atoms with E-state index in [1.54, 1.807) is 55.1 Å². The summed E-state index contributed by atoms with van der Waals surface area (Å²) in [4.78, 5) is 33.5. The number of aromatic nitrogens is 2. The third-order valence-electron chi connectivity index (χ3n) is 4.85. The molecule has 0 spiro atoms. The predicted octanol–water partition coefficient (Wildman–Crippen LogP) is 5.48. The summed E-state index contributed by atoms with van der Waals surface area (Å²) in [6.45, 7) is 0. The number of carbonyl (C=O) groups is 2. The van der Waals surface area contributed by atoms with Crippen molar-refractivity contribution >= 4 is 28.7 Å². The molecule has 2 heterocycles. The van der Waals surface area contributed by atoms with Crippen LogP contribution in [0.25, 0.3) is 21.8 Å². The predicted molar refractivity (Wildman–Crippen MR) is 126 cm³/mol. The summed E-state index contributed by atoms with van der Waals surface area (Å²) in [6, 6.07) is 18.2. The Morgan fingerprint density at radius 3 is 2.56 bits per heavy atom. The van der Waals surface area contributed by atoms with Crippen LogP contribution in [0.3, 0.4) is 0 Å². The van der Waals surface area contributed by atoms with Gasteiger partial charge in [0.15, 0.2) is 5.78 Å². The van der Waals surface area contributed by atoms with Crippen LogP contribution in [0.5, 0.6) is 5.75 Å². The zero-order valence-corrected chi connectivity index (χ0v) is 18.3. The Bertz CT molecular complexity index is 1220. The van der Waals surface area contributed by atoms with Crippen molar-refractivity contribution in [2.45, 2.75) is 12.8 Å². The molecule has 0 aliphatic heterocycles. The van der Waals surface area contributed by atoms with Crippen molar-refractivity contribution in [3.8, 4) is 27.6 Å². The van der Waals surface area contributed by atoms with Crippen molar-refractivity contribution in [3.63, 3.8) is 0 Å². The van der Waals surface area contributed by atoms with E-state index in [1.807, 2.05) is 41.8 Å². The number of hydrogen-bond donors (Lipinski definition) is 1. The van der Waals surface area contributed by atoms with Crippen LogP contribution in [-0.4, -0.2) is 28.8 Å². The molecule has 0 fully saturated rings. The second kappa shape index (κ2) is 9.98. The molecule has 7 heteroatoms. The second-order valence-corrected chi connectivity index (χ2v) is 7.92. The summed E-state index contributed by atoms with van der Waals surface area (Å²) < 4.78 is 5.10. The number of benzene rings is 2. The molecule has 0 bridgehead atoms. The van der Waals surface area contributed by atoms with E-state index in [-0.39, 0.29) is 24.5 Å². The number of carbonyl (C=O) groups excluding carboxylic acids is 2. The lowest BCUT2D eigenvalue weighted by atomic mass is 10.1. The van der Waals surface area contributed by atoms with Crippen molar-refractivity contribution < 1.29 is 14.3 Å². The van der Waals surface area contributed by atoms with Gasteiger partial charge < -0.3 is 10.1 Å². The molecule has 0 aliphatic rings. The van der Waals surface area contributed by atoms with Crippen molar-refractivity contribution in [2.75, 3.05) is 12.4 Å². The zero-order chi connectivity index (χ0) is 22.3. The lowest BCUT2D eigenvalue weighted by Crippen LogP contribution is -2.13. The quantitative estimate of drug-likeness (QED) is 0.365. The Morgan fingerprint density at radius 2 is 1.81 bits per heavy atom. The van der Waals surface area contributed by atoms with Gasteiger partial charge in [-0.15, -0.1) is 11.3 Å². The van der Waals surface area contributed by atoms with Gasteiger partial charge in [0, 0.05) is 53.0 Å². The molecule has 0 atom stereocenters. The van der Waals surface area contributed by atoms with Gasteiger partial charge >= 0.3 is 0 Å². The van der Waals surface area contributed by atoms with Crippen molar-refractivity contribution in [2.24, 2.45) is 0 Å². The van der Waals surface area contributed by atoms with Crippen LogP contribution in [0.4, 0.5) is 5.69 Å². The molecule has 160 valence electrons. The van der Waals surface area contributed by atoms with Gasteiger partial charge in [0.05, 0.1) is 12.8 Å². The fraction of sp³-hybridized carbons (Fsp3) is 0.120. The zero-order valence-electron chi connectivity index (χ0n) is 17.4. The number of amides is 1. The fourth-order valence-corrected chi connectivity index (χ4v) is 3.98. The number of pyridine rings is 1. The molecule has 0 radical (unpaired) electrons. The van der Waals surface area contributed by atoms with Crippen LogP contribution in [0, 0.1) is 0 Å². The normalized spacial score (nSPS) is 10.5. The average Bonchev–Trinajstić information content (AvgIpc) is 3.34. The van der Waals surface area contributed by atoms with E-state index in [0.717, 1.165) is 21.8 Å². The van der Waals surface area contributed by atoms with Gasteiger partial charge in [-0.2, -0.15) is 0 Å². The molecular formula is C25H21N3O3S. The van der Waals surface area contributed by atoms with Crippen molar-refractivity contribution in [1.82, 2.24) is 9.97 Å². The molecule has 0 saturated carbocycles. The first-order chi connectivity index (χ1) is 15.6. The molecule has 6 nitrogen and oxygen atoms in total. The van der Waals surface area contributed by atoms with Gasteiger partial charge in [0.25, 0.3) is 0 Å². The number of Topliss-reactive ketones (excluding diaryl/α,β-unsaturated/α-hetero) is 1. The highest BCUT2D eigenvalue weighted by molar-refractivity contribution is 7.13. The fourth-order valence-electron chi connectivity index (χ4n) is 3.16. The van der Waals surface area contributed by atoms with Crippen LogP contribution >= 0.6 is 11.3 Å². The van der Waals surface area contributed by atoms with E-state index in [1.165, 1.54) is 0 Å². The molecule has 0 saturated heterocycles. The Morgan fingerprint density at radius 1 is 1.00 bits per heavy atom. The number of ketones is 1. The molecule has 0 aliphatic carbocycles. The highest BCUT2D eigenvalue weighted by atomic mass is 32.1. The Hall–Kier alpha value is -3.84. The largest absolute Gasteiger partial charge is 0.497 e. The van der Waals surface area contributed by atoms with E-state index in [0.29, 0.717) is 17.0 Å². The van der Waals surface area contributed by atoms with Gasteiger partial charge in [-0.1, -0.05) is 12.1 Å². The molecular weight excluding hydrogens is 422 g/mol. The highest BCUT2D eigenvalue weighted by Crippen LogP contribution is 2.29. The first-order valence-corrected chi connectivity index (χ1v) is 10.9. The number of thiazole rings is 1. The summed E-state index contributed by atoms with van der Waals surface area (Å²) in [5.74, 6) is 0.395. The van der Waals surface area contributed by atoms with Crippen LogP contribution in [-0.2, 0) is 4.79 Å². The minimum atomic E-state index is -0.210. The number of ether oxygens (including phenoxy) is 1. The second-order valence-electron chi connectivity index (χ2n) is 7.06. The number of methoxy groups -OCH3 is 1. The third-order valence-corrected chi connectivity index (χ3v) is 5.74. The first-order valence-electron chi connectivity index (χ1n) is 10.1. The number of anilines is 1. The van der Waals surface area contributed by atoms with E-state index in [4.69, 9.17) is 4.74 Å². The summed E-state index contributed by atoms with van der Waals surface area (Å²) in [6.07, 6.45) is 3.76. The standard InChI is InChI=1S/C25H21N3O3S/c1-31-21-9-7-17(8-10-21)23(29)11-12-24(30)27-20-6-2-4-18(14-20)22-16-32-25(28-22)19-5-3-13-26-15-19/h2-10,13-16H,11-12H2,1H3,(H,27,30). The van der Waals surface area contributed by atoms with Crippen LogP contribution < -0.4 is 10.1 Å². The SMILES string of the molecule is COc1ccc(C(=O)CCC(=O)Nc2cccc(-c3csc(-c4cccnc4)n3)c2)cc1. The molecule has 1 amide bonds. The maximum Gasteiger partial charge on any atom is 0.224 e. The van der Waals surface area contributed by atoms with Crippen molar-refractivity contribution in [3.05, 3.63) is 84.0 Å². The molecule has 1 N–H and O–H groups in total. The summed E-state index contributed by atoms with van der Waals surface area (Å²) >= 11 is 1.54. The molecule has 4 rings (SSSR count). The minimum Gasteiger partial charge on any atom is -0.497 e. The maximum absolute atomic E-state index is 12.4. The van der Waals surface area contributed by atoms with Gasteiger partial charge in [-0.25, -0.2) is 4.98 Å². The lowest BCUT2D eigenvalue weighted by molar-refractivity contribution is -0.116. The van der Waals surface area contributed by atoms with Crippen LogP contribution in [0.1, 0.15) is 23.2 Å². The number of nitrogens with zero attached hydrogens (tertiary/aromatic N) is 2. The summed E-state index contributed by atoms with van der Waals surface area (Å²) in [5, 5.41) is 5.74. The van der Waals surface area contributed by atoms with Gasteiger partial charge in [-0.3, -0.25) is 14.6 Å². The van der Waals surface area contributed by atoms with E-state index >= 15 is 0 Å². The average molecular weight is 444 g/mol. The van der Waals surface area contributed by atoms with Gasteiger partial charge in [0.2, 0.25) is 5.91 Å². The Balaban J connectivity index is 1.37.